The maximum absolute atomic E-state index is 13.6. The molecule has 0 bridgehead atoms. The second kappa shape index (κ2) is 6.06. The summed E-state index contributed by atoms with van der Waals surface area (Å²) in [6.45, 7) is 7.67. The summed E-state index contributed by atoms with van der Waals surface area (Å²) in [5, 5.41) is 0. The summed E-state index contributed by atoms with van der Waals surface area (Å²) < 4.78 is 22.6. The van der Waals surface area contributed by atoms with Crippen molar-refractivity contribution in [1.82, 2.24) is 9.13 Å². The molecule has 2 rings (SSSR count). The molecule has 0 amide bonds. The summed E-state index contributed by atoms with van der Waals surface area (Å²) in [5.41, 5.74) is 1.04. The molecule has 116 valence electrons. The molecule has 21 heavy (non-hydrogen) atoms. The monoisotopic (exact) mass is 374 g/mol. The lowest BCUT2D eigenvalue weighted by molar-refractivity contribution is 0.0873. The van der Waals surface area contributed by atoms with Crippen LogP contribution in [0.2, 0.25) is 25.7 Å². The Labute approximate surface area is 132 Å². The first kappa shape index (κ1) is 16.4. The number of imidazole rings is 1. The van der Waals surface area contributed by atoms with E-state index in [0.29, 0.717) is 22.1 Å². The molecule has 4 nitrogen and oxygen atoms in total. The summed E-state index contributed by atoms with van der Waals surface area (Å²) in [4.78, 5) is 12.2. The Balaban J connectivity index is 2.26. The number of aromatic nitrogens is 2. The lowest BCUT2D eigenvalue weighted by Gasteiger charge is -2.15. The van der Waals surface area contributed by atoms with Crippen molar-refractivity contribution < 1.29 is 9.13 Å². The van der Waals surface area contributed by atoms with E-state index in [1.807, 2.05) is 0 Å². The molecule has 0 spiro atoms. The SMILES string of the molecule is Cn1c(=O)n(COCC[Si](C)(C)C)c2cc(Br)c(F)cc21. The fourth-order valence-corrected chi connectivity index (χ4v) is 3.14. The van der Waals surface area contributed by atoms with Crippen LogP contribution < -0.4 is 5.69 Å². The third-order valence-corrected chi connectivity index (χ3v) is 5.72. The fourth-order valence-electron chi connectivity index (χ4n) is 2.06. The van der Waals surface area contributed by atoms with E-state index in [-0.39, 0.29) is 18.2 Å². The van der Waals surface area contributed by atoms with Crippen molar-refractivity contribution in [2.45, 2.75) is 32.4 Å². The number of hydrogen-bond acceptors (Lipinski definition) is 2. The number of rotatable bonds is 5. The molecule has 0 saturated carbocycles. The van der Waals surface area contributed by atoms with Gasteiger partial charge in [0, 0.05) is 27.8 Å². The van der Waals surface area contributed by atoms with Gasteiger partial charge in [0.05, 0.1) is 15.5 Å². The second-order valence-electron chi connectivity index (χ2n) is 6.37. The van der Waals surface area contributed by atoms with Crippen LogP contribution in [-0.4, -0.2) is 23.8 Å². The number of hydrogen-bond donors (Lipinski definition) is 0. The molecule has 1 aromatic carbocycles. The van der Waals surface area contributed by atoms with Gasteiger partial charge in [0.15, 0.2) is 0 Å². The van der Waals surface area contributed by atoms with Gasteiger partial charge >= 0.3 is 5.69 Å². The van der Waals surface area contributed by atoms with Gasteiger partial charge in [-0.2, -0.15) is 0 Å². The van der Waals surface area contributed by atoms with Gasteiger partial charge in [0.25, 0.3) is 0 Å². The third kappa shape index (κ3) is 3.64. The highest BCUT2D eigenvalue weighted by Crippen LogP contribution is 2.22. The standard InChI is InChI=1S/C14H20BrFN2O2Si/c1-17-12-8-11(16)10(15)7-13(12)18(14(17)19)9-20-5-6-21(2,3)4/h7-8H,5-6,9H2,1-4H3. The quantitative estimate of drug-likeness (QED) is 0.592. The molecule has 0 aliphatic rings. The Hall–Kier alpha value is -0.923. The van der Waals surface area contributed by atoms with E-state index in [4.69, 9.17) is 4.74 Å². The van der Waals surface area contributed by atoms with Gasteiger partial charge in [0.1, 0.15) is 12.5 Å². The van der Waals surface area contributed by atoms with E-state index in [2.05, 4.69) is 35.6 Å². The molecular formula is C14H20BrFN2O2Si. The first-order valence-corrected chi connectivity index (χ1v) is 11.3. The molecule has 2 aromatic rings. The van der Waals surface area contributed by atoms with Crippen molar-refractivity contribution in [1.29, 1.82) is 0 Å². The summed E-state index contributed by atoms with van der Waals surface area (Å²) in [6.07, 6.45) is 0. The number of benzene rings is 1. The van der Waals surface area contributed by atoms with Crippen LogP contribution in [0.3, 0.4) is 0 Å². The van der Waals surface area contributed by atoms with Crippen LogP contribution in [0.4, 0.5) is 4.39 Å². The van der Waals surface area contributed by atoms with Crippen molar-refractivity contribution >= 4 is 35.0 Å². The minimum atomic E-state index is -1.15. The number of halogens is 2. The van der Waals surface area contributed by atoms with E-state index < -0.39 is 8.07 Å². The maximum atomic E-state index is 13.6. The minimum absolute atomic E-state index is 0.193. The predicted molar refractivity (Wildman–Crippen MR) is 88.9 cm³/mol. The van der Waals surface area contributed by atoms with Crippen molar-refractivity contribution in [2.75, 3.05) is 6.61 Å². The zero-order valence-corrected chi connectivity index (χ0v) is 15.3. The van der Waals surface area contributed by atoms with Gasteiger partial charge < -0.3 is 4.74 Å². The van der Waals surface area contributed by atoms with E-state index >= 15 is 0 Å². The van der Waals surface area contributed by atoms with Crippen molar-refractivity contribution in [2.24, 2.45) is 7.05 Å². The van der Waals surface area contributed by atoms with Gasteiger partial charge in [-0.1, -0.05) is 19.6 Å². The second-order valence-corrected chi connectivity index (χ2v) is 12.8. The highest BCUT2D eigenvalue weighted by molar-refractivity contribution is 9.10. The van der Waals surface area contributed by atoms with Crippen LogP contribution in [0.25, 0.3) is 11.0 Å². The third-order valence-electron chi connectivity index (χ3n) is 3.40. The van der Waals surface area contributed by atoms with Crippen molar-refractivity contribution in [3.8, 4) is 0 Å². The number of fused-ring (bicyclic) bond motifs is 1. The van der Waals surface area contributed by atoms with Crippen LogP contribution in [0.1, 0.15) is 0 Å². The summed E-state index contributed by atoms with van der Waals surface area (Å²) >= 11 is 3.16. The highest BCUT2D eigenvalue weighted by atomic mass is 79.9. The first-order chi connectivity index (χ1) is 9.70. The summed E-state index contributed by atoms with van der Waals surface area (Å²) in [5.74, 6) is -0.380. The lowest BCUT2D eigenvalue weighted by Crippen LogP contribution is -2.25. The zero-order valence-electron chi connectivity index (χ0n) is 12.7. The molecule has 0 N–H and O–H groups in total. The molecule has 0 atom stereocenters. The topological polar surface area (TPSA) is 36.2 Å². The zero-order chi connectivity index (χ0) is 15.8. The molecule has 0 aliphatic heterocycles. The van der Waals surface area contributed by atoms with Gasteiger partial charge in [-0.25, -0.2) is 9.18 Å². The Bertz CT molecular complexity index is 718. The van der Waals surface area contributed by atoms with Crippen molar-refractivity contribution in [3.63, 3.8) is 0 Å². The van der Waals surface area contributed by atoms with E-state index in [9.17, 15) is 9.18 Å². The number of ether oxygens (including phenoxy) is 1. The molecule has 1 heterocycles. The van der Waals surface area contributed by atoms with Gasteiger partial charge in [0.2, 0.25) is 0 Å². The maximum Gasteiger partial charge on any atom is 0.330 e. The molecular weight excluding hydrogens is 355 g/mol. The Morgan fingerprint density at radius 2 is 1.95 bits per heavy atom. The molecule has 0 saturated heterocycles. The predicted octanol–water partition coefficient (Wildman–Crippen LogP) is 3.55. The fraction of sp³-hybridized carbons (Fsp3) is 0.500. The average molecular weight is 375 g/mol. The first-order valence-electron chi connectivity index (χ1n) is 6.83. The summed E-state index contributed by atoms with van der Waals surface area (Å²) in [6, 6.07) is 4.03. The molecule has 0 aliphatic carbocycles. The average Bonchev–Trinajstić information content (AvgIpc) is 2.59. The van der Waals surface area contributed by atoms with E-state index in [1.54, 1.807) is 13.1 Å². The molecule has 0 unspecified atom stereocenters. The Kier molecular flexibility index (Phi) is 4.75. The smallest absolute Gasteiger partial charge is 0.330 e. The molecule has 0 radical (unpaired) electrons. The van der Waals surface area contributed by atoms with E-state index in [1.165, 1.54) is 15.2 Å². The van der Waals surface area contributed by atoms with Gasteiger partial charge in [-0.3, -0.25) is 9.13 Å². The van der Waals surface area contributed by atoms with Crippen LogP contribution in [-0.2, 0) is 18.5 Å². The van der Waals surface area contributed by atoms with Crippen LogP contribution in [0.15, 0.2) is 21.4 Å². The van der Waals surface area contributed by atoms with E-state index in [0.717, 1.165) is 6.04 Å². The minimum Gasteiger partial charge on any atom is -0.361 e. The summed E-state index contributed by atoms with van der Waals surface area (Å²) in [7, 11) is 0.487. The highest BCUT2D eigenvalue weighted by Gasteiger charge is 2.15. The van der Waals surface area contributed by atoms with Crippen LogP contribution in [0, 0.1) is 5.82 Å². The van der Waals surface area contributed by atoms with Gasteiger partial charge in [-0.05, 0) is 28.0 Å². The molecule has 7 heteroatoms. The largest absolute Gasteiger partial charge is 0.361 e. The van der Waals surface area contributed by atoms with Crippen LogP contribution >= 0.6 is 15.9 Å². The number of nitrogens with zero attached hydrogens (tertiary/aromatic N) is 2. The number of aryl methyl sites for hydroxylation is 1. The molecule has 1 aromatic heterocycles. The Morgan fingerprint density at radius 3 is 2.57 bits per heavy atom. The normalized spacial score (nSPS) is 12.3. The van der Waals surface area contributed by atoms with Gasteiger partial charge in [-0.15, -0.1) is 0 Å². The molecule has 0 fully saturated rings. The Morgan fingerprint density at radius 1 is 1.29 bits per heavy atom. The van der Waals surface area contributed by atoms with Crippen molar-refractivity contribution in [3.05, 3.63) is 32.9 Å². The van der Waals surface area contributed by atoms with Crippen LogP contribution in [0.5, 0.6) is 0 Å². The lowest BCUT2D eigenvalue weighted by atomic mass is 10.3.